The van der Waals surface area contributed by atoms with E-state index in [1.165, 1.54) is 0 Å². The number of aryl methyl sites for hydroxylation is 1. The van der Waals surface area contributed by atoms with Gasteiger partial charge in [-0.1, -0.05) is 6.07 Å². The maximum Gasteiger partial charge on any atom is 0.273 e. The molecule has 1 aromatic rings. The third kappa shape index (κ3) is 2.45. The number of piperazine rings is 1. The van der Waals surface area contributed by atoms with E-state index in [-0.39, 0.29) is 11.9 Å². The second kappa shape index (κ2) is 5.25. The van der Waals surface area contributed by atoms with E-state index >= 15 is 0 Å². The van der Waals surface area contributed by atoms with Gasteiger partial charge in [0.2, 0.25) is 0 Å². The molecule has 92 valence electrons. The molecule has 1 aliphatic heterocycles. The molecule has 0 saturated carbocycles. The number of carbonyl (C=O) groups is 1. The Hall–Kier alpha value is -1.46. The fourth-order valence-corrected chi connectivity index (χ4v) is 2.08. The van der Waals surface area contributed by atoms with Crippen molar-refractivity contribution in [1.82, 2.24) is 15.2 Å². The minimum Gasteiger partial charge on any atom is -0.330 e. The van der Waals surface area contributed by atoms with Gasteiger partial charge in [0, 0.05) is 32.4 Å². The molecule has 0 bridgehead atoms. The number of hydrogen-bond donors (Lipinski definition) is 2. The average Bonchev–Trinajstić information content (AvgIpc) is 2.38. The third-order valence-corrected chi connectivity index (χ3v) is 3.10. The Labute approximate surface area is 101 Å². The van der Waals surface area contributed by atoms with Crippen LogP contribution in [0.3, 0.4) is 0 Å². The highest BCUT2D eigenvalue weighted by atomic mass is 16.2. The van der Waals surface area contributed by atoms with Crippen LogP contribution in [-0.4, -0.2) is 48.0 Å². The van der Waals surface area contributed by atoms with Crippen LogP contribution < -0.4 is 11.1 Å². The van der Waals surface area contributed by atoms with Crippen LogP contribution in [0.1, 0.15) is 16.1 Å². The summed E-state index contributed by atoms with van der Waals surface area (Å²) in [6, 6.07) is 3.81. The molecule has 5 heteroatoms. The molecule has 1 atom stereocenters. The lowest BCUT2D eigenvalue weighted by molar-refractivity contribution is 0.0638. The lowest BCUT2D eigenvalue weighted by Crippen LogP contribution is -2.56. The lowest BCUT2D eigenvalue weighted by atomic mass is 10.1. The van der Waals surface area contributed by atoms with Gasteiger partial charge in [-0.25, -0.2) is 0 Å². The fraction of sp³-hybridized carbons (Fsp3) is 0.500. The molecular formula is C12H18N4O. The summed E-state index contributed by atoms with van der Waals surface area (Å²) in [6.07, 6.45) is 1.65. The van der Waals surface area contributed by atoms with Crippen molar-refractivity contribution >= 4 is 5.91 Å². The Kier molecular flexibility index (Phi) is 3.71. The van der Waals surface area contributed by atoms with E-state index in [4.69, 9.17) is 5.73 Å². The summed E-state index contributed by atoms with van der Waals surface area (Å²) in [4.78, 5) is 18.4. The summed E-state index contributed by atoms with van der Waals surface area (Å²) in [7, 11) is 0. The van der Waals surface area contributed by atoms with Crippen molar-refractivity contribution in [2.45, 2.75) is 13.0 Å². The number of amides is 1. The van der Waals surface area contributed by atoms with Gasteiger partial charge in [-0.3, -0.25) is 9.78 Å². The zero-order chi connectivity index (χ0) is 12.3. The van der Waals surface area contributed by atoms with Crippen LogP contribution in [0.2, 0.25) is 0 Å². The van der Waals surface area contributed by atoms with Crippen LogP contribution in [-0.2, 0) is 0 Å². The van der Waals surface area contributed by atoms with E-state index in [1.807, 2.05) is 24.0 Å². The van der Waals surface area contributed by atoms with Crippen molar-refractivity contribution in [2.24, 2.45) is 5.73 Å². The average molecular weight is 234 g/mol. The molecule has 5 nitrogen and oxygen atoms in total. The largest absolute Gasteiger partial charge is 0.330 e. The lowest BCUT2D eigenvalue weighted by Gasteiger charge is -2.35. The second-order valence-corrected chi connectivity index (χ2v) is 4.26. The second-order valence-electron chi connectivity index (χ2n) is 4.26. The van der Waals surface area contributed by atoms with Crippen molar-refractivity contribution in [2.75, 3.05) is 26.2 Å². The smallest absolute Gasteiger partial charge is 0.273 e. The molecule has 0 aliphatic carbocycles. The molecule has 1 amide bonds. The number of nitrogens with one attached hydrogen (secondary N) is 1. The summed E-state index contributed by atoms with van der Waals surface area (Å²) in [6.45, 7) is 4.64. The fourth-order valence-electron chi connectivity index (χ4n) is 2.08. The zero-order valence-corrected chi connectivity index (χ0v) is 10.0. The Morgan fingerprint density at radius 3 is 3.24 bits per heavy atom. The molecule has 1 aromatic heterocycles. The highest BCUT2D eigenvalue weighted by Crippen LogP contribution is 2.11. The van der Waals surface area contributed by atoms with Crippen molar-refractivity contribution in [3.63, 3.8) is 0 Å². The molecule has 0 radical (unpaired) electrons. The Morgan fingerprint density at radius 1 is 1.71 bits per heavy atom. The quantitative estimate of drug-likeness (QED) is 0.741. The van der Waals surface area contributed by atoms with Gasteiger partial charge < -0.3 is 16.0 Å². The van der Waals surface area contributed by atoms with Crippen LogP contribution in [0.15, 0.2) is 18.3 Å². The van der Waals surface area contributed by atoms with E-state index in [2.05, 4.69) is 10.3 Å². The van der Waals surface area contributed by atoms with Crippen LogP contribution in [0.25, 0.3) is 0 Å². The van der Waals surface area contributed by atoms with E-state index < -0.39 is 0 Å². The van der Waals surface area contributed by atoms with Crippen molar-refractivity contribution in [1.29, 1.82) is 0 Å². The number of carbonyl (C=O) groups excluding carboxylic acids is 1. The number of nitrogens with two attached hydrogens (primary N) is 1. The molecule has 3 N–H and O–H groups in total. The maximum absolute atomic E-state index is 12.4. The first-order chi connectivity index (χ1) is 8.24. The molecule has 1 unspecified atom stereocenters. The van der Waals surface area contributed by atoms with Gasteiger partial charge >= 0.3 is 0 Å². The van der Waals surface area contributed by atoms with Crippen molar-refractivity contribution in [3.05, 3.63) is 29.6 Å². The summed E-state index contributed by atoms with van der Waals surface area (Å²) in [5.74, 6) is -0.0138. The first kappa shape index (κ1) is 12.0. The molecule has 1 aliphatic rings. The molecular weight excluding hydrogens is 216 g/mol. The number of aromatic nitrogens is 1. The summed E-state index contributed by atoms with van der Waals surface area (Å²) < 4.78 is 0. The van der Waals surface area contributed by atoms with Gasteiger partial charge in [-0.15, -0.1) is 0 Å². The van der Waals surface area contributed by atoms with Gasteiger partial charge in [0.25, 0.3) is 5.91 Å². The molecule has 2 rings (SSSR count). The standard InChI is InChI=1S/C12H18N4O/c1-9-3-2-4-15-11(9)12(17)16-6-5-14-8-10(16)7-13/h2-4,10,14H,5-8,13H2,1H3. The van der Waals surface area contributed by atoms with Gasteiger partial charge in [0.15, 0.2) is 0 Å². The first-order valence-corrected chi connectivity index (χ1v) is 5.87. The minimum atomic E-state index is -0.0138. The molecule has 1 saturated heterocycles. The SMILES string of the molecule is Cc1cccnc1C(=O)N1CCNCC1CN. The van der Waals surface area contributed by atoms with Crippen LogP contribution in [0.4, 0.5) is 0 Å². The number of nitrogens with zero attached hydrogens (tertiary/aromatic N) is 2. The molecule has 2 heterocycles. The third-order valence-electron chi connectivity index (χ3n) is 3.10. The van der Waals surface area contributed by atoms with Gasteiger partial charge in [-0.05, 0) is 18.6 Å². The molecule has 1 fully saturated rings. The van der Waals surface area contributed by atoms with Crippen molar-refractivity contribution in [3.8, 4) is 0 Å². The first-order valence-electron chi connectivity index (χ1n) is 5.87. The highest BCUT2D eigenvalue weighted by molar-refractivity contribution is 5.94. The maximum atomic E-state index is 12.4. The normalized spacial score (nSPS) is 20.4. The van der Waals surface area contributed by atoms with E-state index in [0.29, 0.717) is 18.8 Å². The Balaban J connectivity index is 2.21. The Morgan fingerprint density at radius 2 is 2.53 bits per heavy atom. The van der Waals surface area contributed by atoms with Gasteiger partial charge in [0.1, 0.15) is 5.69 Å². The van der Waals surface area contributed by atoms with Crippen LogP contribution >= 0.6 is 0 Å². The number of pyridine rings is 1. The monoisotopic (exact) mass is 234 g/mol. The number of hydrogen-bond acceptors (Lipinski definition) is 4. The number of rotatable bonds is 2. The summed E-state index contributed by atoms with van der Waals surface area (Å²) >= 11 is 0. The Bertz CT molecular complexity index is 407. The van der Waals surface area contributed by atoms with Crippen LogP contribution in [0, 0.1) is 6.92 Å². The summed E-state index contributed by atoms with van der Waals surface area (Å²) in [5.41, 5.74) is 7.14. The van der Waals surface area contributed by atoms with E-state index in [1.54, 1.807) is 6.20 Å². The molecule has 0 spiro atoms. The summed E-state index contributed by atoms with van der Waals surface area (Å²) in [5, 5.41) is 3.24. The zero-order valence-electron chi connectivity index (χ0n) is 10.0. The van der Waals surface area contributed by atoms with Gasteiger partial charge in [0.05, 0.1) is 6.04 Å². The van der Waals surface area contributed by atoms with Crippen LogP contribution in [0.5, 0.6) is 0 Å². The van der Waals surface area contributed by atoms with E-state index in [9.17, 15) is 4.79 Å². The molecule has 17 heavy (non-hydrogen) atoms. The molecule has 0 aromatic carbocycles. The topological polar surface area (TPSA) is 71.2 Å². The predicted octanol–water partition coefficient (Wildman–Crippen LogP) is -0.237. The minimum absolute atomic E-state index is 0.0138. The highest BCUT2D eigenvalue weighted by Gasteiger charge is 2.27. The van der Waals surface area contributed by atoms with Gasteiger partial charge in [-0.2, -0.15) is 0 Å². The predicted molar refractivity (Wildman–Crippen MR) is 65.7 cm³/mol. The van der Waals surface area contributed by atoms with E-state index in [0.717, 1.165) is 18.7 Å². The van der Waals surface area contributed by atoms with Crippen molar-refractivity contribution < 1.29 is 4.79 Å².